The molecular formula is C15H20O7. The van der Waals surface area contributed by atoms with Crippen molar-refractivity contribution in [2.45, 2.75) is 24.7 Å². The van der Waals surface area contributed by atoms with E-state index in [1.165, 1.54) is 41.4 Å². The van der Waals surface area contributed by atoms with Gasteiger partial charge in [-0.2, -0.15) is 0 Å². The van der Waals surface area contributed by atoms with E-state index in [4.69, 9.17) is 18.9 Å². The van der Waals surface area contributed by atoms with Crippen LogP contribution >= 0.6 is 0 Å². The summed E-state index contributed by atoms with van der Waals surface area (Å²) in [6, 6.07) is 0. The summed E-state index contributed by atoms with van der Waals surface area (Å²) in [4.78, 5) is 37.0. The van der Waals surface area contributed by atoms with Crippen LogP contribution in [0.5, 0.6) is 0 Å². The maximum absolute atomic E-state index is 13.0. The minimum absolute atomic E-state index is 0.193. The van der Waals surface area contributed by atoms with E-state index in [9.17, 15) is 14.4 Å². The lowest BCUT2D eigenvalue weighted by molar-refractivity contribution is -0.258. The summed E-state index contributed by atoms with van der Waals surface area (Å²) in [5.41, 5.74) is -1.36. The summed E-state index contributed by atoms with van der Waals surface area (Å²) in [5, 5.41) is 0. The van der Waals surface area contributed by atoms with Gasteiger partial charge in [0.1, 0.15) is 5.78 Å². The number of ketones is 2. The fraction of sp³-hybridized carbons (Fsp3) is 0.667. The van der Waals surface area contributed by atoms with Crippen LogP contribution in [0, 0.1) is 11.8 Å². The molecule has 7 heteroatoms. The maximum Gasteiger partial charge on any atom is 0.334 e. The van der Waals surface area contributed by atoms with Crippen LogP contribution in [0.1, 0.15) is 13.3 Å². The van der Waals surface area contributed by atoms with E-state index >= 15 is 0 Å². The molecule has 0 spiro atoms. The number of hydrogen-bond donors (Lipinski definition) is 0. The molecule has 3 aliphatic rings. The number of ether oxygens (including phenoxy) is 4. The van der Waals surface area contributed by atoms with Crippen molar-refractivity contribution < 1.29 is 33.3 Å². The van der Waals surface area contributed by atoms with Crippen molar-refractivity contribution in [2.75, 3.05) is 28.4 Å². The molecule has 1 saturated carbocycles. The van der Waals surface area contributed by atoms with E-state index in [0.717, 1.165) is 0 Å². The van der Waals surface area contributed by atoms with Crippen molar-refractivity contribution in [3.05, 3.63) is 11.6 Å². The molecule has 3 rings (SSSR count). The molecule has 0 aromatic carbocycles. The molecule has 0 radical (unpaired) electrons. The first-order chi connectivity index (χ1) is 10.3. The Kier molecular flexibility index (Phi) is 4.25. The fourth-order valence-corrected chi connectivity index (χ4v) is 3.62. The van der Waals surface area contributed by atoms with Gasteiger partial charge in [-0.05, 0) is 19.4 Å². The summed E-state index contributed by atoms with van der Waals surface area (Å²) in [6.45, 7) is 1.40. The number of esters is 1. The summed E-state index contributed by atoms with van der Waals surface area (Å²) < 4.78 is 20.9. The lowest BCUT2D eigenvalue weighted by atomic mass is 9.58. The molecule has 22 heavy (non-hydrogen) atoms. The minimum Gasteiger partial charge on any atom is -0.466 e. The Balaban J connectivity index is 2.71. The smallest absolute Gasteiger partial charge is 0.334 e. The second-order valence-electron chi connectivity index (χ2n) is 5.44. The average Bonchev–Trinajstić information content (AvgIpc) is 2.54. The van der Waals surface area contributed by atoms with Crippen LogP contribution in [0.15, 0.2) is 11.6 Å². The molecule has 7 nitrogen and oxygen atoms in total. The molecule has 122 valence electrons. The molecule has 0 heterocycles. The topological polar surface area (TPSA) is 88.1 Å². The van der Waals surface area contributed by atoms with Crippen molar-refractivity contribution in [3.63, 3.8) is 0 Å². The SMILES string of the molecule is COC(=O)C1=C[C@@]2(OC)C(=O)C(OC)(OC)[C@@H]1C[C@H]2C(C)=O. The van der Waals surface area contributed by atoms with Crippen molar-refractivity contribution in [3.8, 4) is 0 Å². The first-order valence-corrected chi connectivity index (χ1v) is 6.86. The summed E-state index contributed by atoms with van der Waals surface area (Å²) >= 11 is 0. The fourth-order valence-electron chi connectivity index (χ4n) is 3.62. The van der Waals surface area contributed by atoms with E-state index < -0.39 is 35.0 Å². The number of methoxy groups -OCH3 is 4. The number of rotatable bonds is 5. The average molecular weight is 312 g/mol. The quantitative estimate of drug-likeness (QED) is 0.532. The molecule has 0 unspecified atom stereocenters. The molecule has 0 aromatic rings. The predicted octanol–water partition coefficient (Wildman–Crippen LogP) is 0.268. The molecule has 2 bridgehead atoms. The van der Waals surface area contributed by atoms with Crippen LogP contribution in [0.4, 0.5) is 0 Å². The van der Waals surface area contributed by atoms with E-state index in [1.54, 1.807) is 0 Å². The molecular weight excluding hydrogens is 292 g/mol. The van der Waals surface area contributed by atoms with Crippen molar-refractivity contribution in [1.82, 2.24) is 0 Å². The Bertz CT molecular complexity index is 546. The Morgan fingerprint density at radius 2 is 1.73 bits per heavy atom. The molecule has 0 aliphatic heterocycles. The Labute approximate surface area is 128 Å². The number of Topliss-reactive ketones (excluding diaryl/α,β-unsaturated/α-hetero) is 2. The summed E-state index contributed by atoms with van der Waals surface area (Å²) in [5.74, 6) is -4.40. The minimum atomic E-state index is -1.67. The van der Waals surface area contributed by atoms with Gasteiger partial charge in [0, 0.05) is 26.9 Å². The molecule has 0 saturated heterocycles. The second-order valence-corrected chi connectivity index (χ2v) is 5.44. The Hall–Kier alpha value is -1.57. The molecule has 3 aliphatic carbocycles. The number of hydrogen-bond acceptors (Lipinski definition) is 7. The summed E-state index contributed by atoms with van der Waals surface area (Å²) in [7, 11) is 5.21. The normalized spacial score (nSPS) is 32.6. The van der Waals surface area contributed by atoms with Gasteiger partial charge >= 0.3 is 5.97 Å². The third kappa shape index (κ3) is 1.89. The van der Waals surface area contributed by atoms with E-state index in [0.29, 0.717) is 0 Å². The Morgan fingerprint density at radius 1 is 1.14 bits per heavy atom. The second kappa shape index (κ2) is 5.57. The number of fused-ring (bicyclic) bond motifs is 2. The van der Waals surface area contributed by atoms with Gasteiger partial charge in [-0.25, -0.2) is 4.79 Å². The van der Waals surface area contributed by atoms with Gasteiger partial charge in [0.2, 0.25) is 11.6 Å². The molecule has 0 N–H and O–H groups in total. The van der Waals surface area contributed by atoms with Crippen LogP contribution in [-0.2, 0) is 33.3 Å². The third-order valence-corrected chi connectivity index (χ3v) is 4.72. The molecule has 0 aromatic heterocycles. The first-order valence-electron chi connectivity index (χ1n) is 6.86. The lowest BCUT2D eigenvalue weighted by Gasteiger charge is -2.54. The third-order valence-electron chi connectivity index (χ3n) is 4.72. The van der Waals surface area contributed by atoms with Gasteiger partial charge in [0.25, 0.3) is 0 Å². The Morgan fingerprint density at radius 3 is 2.14 bits per heavy atom. The maximum atomic E-state index is 13.0. The zero-order valence-electron chi connectivity index (χ0n) is 13.3. The van der Waals surface area contributed by atoms with Gasteiger partial charge in [0.15, 0.2) is 5.60 Å². The van der Waals surface area contributed by atoms with Crippen molar-refractivity contribution in [1.29, 1.82) is 0 Å². The van der Waals surface area contributed by atoms with Gasteiger partial charge in [-0.1, -0.05) is 0 Å². The van der Waals surface area contributed by atoms with Crippen LogP contribution in [0.2, 0.25) is 0 Å². The van der Waals surface area contributed by atoms with Gasteiger partial charge in [-0.3, -0.25) is 9.59 Å². The van der Waals surface area contributed by atoms with Crippen molar-refractivity contribution >= 4 is 17.5 Å². The van der Waals surface area contributed by atoms with Gasteiger partial charge in [0.05, 0.1) is 18.9 Å². The number of carbonyl (C=O) groups is 3. The van der Waals surface area contributed by atoms with E-state index in [2.05, 4.69) is 0 Å². The van der Waals surface area contributed by atoms with Crippen LogP contribution < -0.4 is 0 Å². The predicted molar refractivity (Wildman–Crippen MR) is 73.9 cm³/mol. The highest BCUT2D eigenvalue weighted by molar-refractivity contribution is 6.07. The van der Waals surface area contributed by atoms with E-state index in [1.807, 2.05) is 0 Å². The lowest BCUT2D eigenvalue weighted by Crippen LogP contribution is -2.70. The van der Waals surface area contributed by atoms with E-state index in [-0.39, 0.29) is 17.8 Å². The molecule has 3 atom stereocenters. The zero-order chi connectivity index (χ0) is 16.7. The van der Waals surface area contributed by atoms with Crippen LogP contribution in [-0.4, -0.2) is 57.4 Å². The number of carbonyl (C=O) groups excluding carboxylic acids is 3. The van der Waals surface area contributed by atoms with Gasteiger partial charge < -0.3 is 18.9 Å². The largest absolute Gasteiger partial charge is 0.466 e. The highest BCUT2D eigenvalue weighted by Gasteiger charge is 2.69. The first kappa shape index (κ1) is 16.8. The van der Waals surface area contributed by atoms with Crippen molar-refractivity contribution in [2.24, 2.45) is 11.8 Å². The molecule has 1 fully saturated rings. The highest BCUT2D eigenvalue weighted by Crippen LogP contribution is 2.53. The summed E-state index contributed by atoms with van der Waals surface area (Å²) in [6.07, 6.45) is 1.59. The molecule has 0 amide bonds. The highest BCUT2D eigenvalue weighted by atomic mass is 16.7. The standard InChI is InChI=1S/C15H20O7/c1-8(16)10-6-11-9(12(17)19-2)7-14(10,20-3)13(18)15(11,21-4)22-5/h7,10-11H,6H2,1-5H3/t10-,11+,14-/m0/s1. The van der Waals surface area contributed by atoms with Crippen LogP contribution in [0.3, 0.4) is 0 Å². The van der Waals surface area contributed by atoms with Crippen LogP contribution in [0.25, 0.3) is 0 Å². The van der Waals surface area contributed by atoms with Gasteiger partial charge in [-0.15, -0.1) is 0 Å². The zero-order valence-corrected chi connectivity index (χ0v) is 13.3. The monoisotopic (exact) mass is 312 g/mol.